The van der Waals surface area contributed by atoms with E-state index in [1.165, 1.54) is 18.2 Å². The van der Waals surface area contributed by atoms with Crippen LogP contribution >= 0.6 is 11.6 Å². The molecule has 154 valence electrons. The smallest absolute Gasteiger partial charge is 0.258 e. The summed E-state index contributed by atoms with van der Waals surface area (Å²) in [4.78, 5) is 20.6. The van der Waals surface area contributed by atoms with E-state index in [1.54, 1.807) is 11.1 Å². The number of halogens is 2. The van der Waals surface area contributed by atoms with Crippen LogP contribution in [0.2, 0.25) is 5.02 Å². The second-order valence-corrected chi connectivity index (χ2v) is 7.40. The third-order valence-corrected chi connectivity index (χ3v) is 5.20. The van der Waals surface area contributed by atoms with Crippen LogP contribution in [-0.2, 0) is 0 Å². The molecule has 2 aromatic heterocycles. The molecule has 1 aliphatic rings. The van der Waals surface area contributed by atoms with Gasteiger partial charge < -0.3 is 15.1 Å². The summed E-state index contributed by atoms with van der Waals surface area (Å²) in [6, 6.07) is 11.8. The molecule has 1 aliphatic heterocycles. The van der Waals surface area contributed by atoms with Crippen molar-refractivity contribution >= 4 is 35.0 Å². The molecule has 0 spiro atoms. The maximum atomic E-state index is 14.0. The predicted octanol–water partition coefficient (Wildman–Crippen LogP) is 3.68. The van der Waals surface area contributed by atoms with Gasteiger partial charge in [0, 0.05) is 32.4 Å². The number of hydrogen-bond donors (Lipinski definition) is 1. The van der Waals surface area contributed by atoms with Crippen molar-refractivity contribution in [2.24, 2.45) is 0 Å². The number of anilines is 3. The molecule has 1 aromatic carbocycles. The lowest BCUT2D eigenvalue weighted by Gasteiger charge is -2.35. The summed E-state index contributed by atoms with van der Waals surface area (Å²) in [5, 5.41) is 11.7. The van der Waals surface area contributed by atoms with Gasteiger partial charge in [0.25, 0.3) is 5.91 Å². The van der Waals surface area contributed by atoms with Crippen molar-refractivity contribution in [1.82, 2.24) is 20.1 Å². The number of aryl methyl sites for hydroxylation is 1. The van der Waals surface area contributed by atoms with E-state index in [2.05, 4.69) is 20.5 Å². The number of carbonyl (C=O) groups is 1. The Kier molecular flexibility index (Phi) is 5.76. The Morgan fingerprint density at radius 3 is 2.53 bits per heavy atom. The molecule has 0 bridgehead atoms. The zero-order chi connectivity index (χ0) is 21.1. The quantitative estimate of drug-likeness (QED) is 0.686. The standard InChI is InChI=1S/C21H20ClFN6O/c1-14-7-8-24-18(13-14)25-17-5-6-19(27-26-17)28-9-11-29(12-10-28)21(30)20-15(22)3-2-4-16(20)23/h2-8,13H,9-12H2,1H3,(H,24,25,26). The van der Waals surface area contributed by atoms with Gasteiger partial charge in [-0.1, -0.05) is 17.7 Å². The van der Waals surface area contributed by atoms with Gasteiger partial charge in [0.2, 0.25) is 0 Å². The Hall–Kier alpha value is -3.26. The Labute approximate surface area is 178 Å². The van der Waals surface area contributed by atoms with E-state index in [9.17, 15) is 9.18 Å². The number of nitrogens with one attached hydrogen (secondary N) is 1. The molecule has 7 nitrogen and oxygen atoms in total. The second kappa shape index (κ2) is 8.62. The third kappa shape index (κ3) is 4.33. The molecule has 3 aromatic rings. The molecule has 1 N–H and O–H groups in total. The highest BCUT2D eigenvalue weighted by atomic mass is 35.5. The number of pyridine rings is 1. The number of aromatic nitrogens is 3. The van der Waals surface area contributed by atoms with Crippen LogP contribution in [0, 0.1) is 12.7 Å². The minimum Gasteiger partial charge on any atom is -0.352 e. The first-order chi connectivity index (χ1) is 14.5. The number of nitrogens with zero attached hydrogens (tertiary/aromatic N) is 5. The van der Waals surface area contributed by atoms with Gasteiger partial charge in [-0.05, 0) is 48.9 Å². The highest BCUT2D eigenvalue weighted by Gasteiger charge is 2.26. The largest absolute Gasteiger partial charge is 0.352 e. The first kappa shape index (κ1) is 20.0. The van der Waals surface area contributed by atoms with Crippen LogP contribution in [-0.4, -0.2) is 52.2 Å². The summed E-state index contributed by atoms with van der Waals surface area (Å²) in [6.45, 7) is 4.01. The van der Waals surface area contributed by atoms with E-state index in [4.69, 9.17) is 11.6 Å². The predicted molar refractivity (Wildman–Crippen MR) is 114 cm³/mol. The molecule has 9 heteroatoms. The van der Waals surface area contributed by atoms with Gasteiger partial charge >= 0.3 is 0 Å². The van der Waals surface area contributed by atoms with E-state index in [1.807, 2.05) is 36.1 Å². The van der Waals surface area contributed by atoms with Gasteiger partial charge in [0.15, 0.2) is 11.6 Å². The van der Waals surface area contributed by atoms with Crippen molar-refractivity contribution in [3.05, 3.63) is 70.6 Å². The van der Waals surface area contributed by atoms with Gasteiger partial charge in [-0.15, -0.1) is 10.2 Å². The Balaban J connectivity index is 1.37. The molecule has 3 heterocycles. The topological polar surface area (TPSA) is 74.2 Å². The minimum absolute atomic E-state index is 0.0763. The van der Waals surface area contributed by atoms with Crippen molar-refractivity contribution in [2.45, 2.75) is 6.92 Å². The number of rotatable bonds is 4. The average molecular weight is 427 g/mol. The van der Waals surface area contributed by atoms with E-state index in [0.29, 0.717) is 43.6 Å². The summed E-state index contributed by atoms with van der Waals surface area (Å²) >= 11 is 6.02. The van der Waals surface area contributed by atoms with Crippen molar-refractivity contribution in [3.63, 3.8) is 0 Å². The lowest BCUT2D eigenvalue weighted by Crippen LogP contribution is -2.49. The molecular formula is C21H20ClFN6O. The van der Waals surface area contributed by atoms with Crippen molar-refractivity contribution in [2.75, 3.05) is 36.4 Å². The number of benzene rings is 1. The van der Waals surface area contributed by atoms with Crippen LogP contribution < -0.4 is 10.2 Å². The van der Waals surface area contributed by atoms with Crippen molar-refractivity contribution < 1.29 is 9.18 Å². The zero-order valence-corrected chi connectivity index (χ0v) is 17.1. The molecular weight excluding hydrogens is 407 g/mol. The van der Waals surface area contributed by atoms with E-state index in [-0.39, 0.29) is 10.6 Å². The molecule has 1 fully saturated rings. The van der Waals surface area contributed by atoms with Crippen LogP contribution in [0.3, 0.4) is 0 Å². The molecule has 1 saturated heterocycles. The number of piperazine rings is 1. The van der Waals surface area contributed by atoms with Crippen LogP contribution in [0.15, 0.2) is 48.7 Å². The summed E-state index contributed by atoms with van der Waals surface area (Å²) in [5.41, 5.74) is 1.02. The molecule has 0 saturated carbocycles. The average Bonchev–Trinajstić information content (AvgIpc) is 2.74. The highest BCUT2D eigenvalue weighted by Crippen LogP contribution is 2.22. The van der Waals surface area contributed by atoms with Gasteiger partial charge in [-0.3, -0.25) is 4.79 Å². The Bertz CT molecular complexity index is 1030. The Morgan fingerprint density at radius 1 is 1.07 bits per heavy atom. The number of amides is 1. The monoisotopic (exact) mass is 426 g/mol. The first-order valence-corrected chi connectivity index (χ1v) is 9.91. The van der Waals surface area contributed by atoms with E-state index in [0.717, 1.165) is 5.56 Å². The third-order valence-electron chi connectivity index (χ3n) is 4.89. The van der Waals surface area contributed by atoms with Gasteiger partial charge in [0.05, 0.1) is 10.6 Å². The lowest BCUT2D eigenvalue weighted by molar-refractivity contribution is 0.0742. The highest BCUT2D eigenvalue weighted by molar-refractivity contribution is 6.33. The summed E-state index contributed by atoms with van der Waals surface area (Å²) in [5.74, 6) is 1.02. The molecule has 0 radical (unpaired) electrons. The molecule has 0 atom stereocenters. The van der Waals surface area contributed by atoms with Crippen molar-refractivity contribution in [3.8, 4) is 0 Å². The fourth-order valence-corrected chi connectivity index (χ4v) is 3.54. The van der Waals surface area contributed by atoms with Gasteiger partial charge in [-0.25, -0.2) is 9.37 Å². The Morgan fingerprint density at radius 2 is 1.87 bits per heavy atom. The fourth-order valence-electron chi connectivity index (χ4n) is 3.30. The van der Waals surface area contributed by atoms with Crippen LogP contribution in [0.5, 0.6) is 0 Å². The number of carbonyl (C=O) groups excluding carboxylic acids is 1. The molecule has 4 rings (SSSR count). The maximum absolute atomic E-state index is 14.0. The van der Waals surface area contributed by atoms with Crippen LogP contribution in [0.1, 0.15) is 15.9 Å². The molecule has 0 aliphatic carbocycles. The zero-order valence-electron chi connectivity index (χ0n) is 16.3. The summed E-state index contributed by atoms with van der Waals surface area (Å²) in [7, 11) is 0. The fraction of sp³-hybridized carbons (Fsp3) is 0.238. The van der Waals surface area contributed by atoms with Crippen LogP contribution in [0.25, 0.3) is 0 Å². The molecule has 30 heavy (non-hydrogen) atoms. The second-order valence-electron chi connectivity index (χ2n) is 7.00. The normalized spacial score (nSPS) is 14.0. The molecule has 1 amide bonds. The number of hydrogen-bond acceptors (Lipinski definition) is 6. The van der Waals surface area contributed by atoms with E-state index >= 15 is 0 Å². The van der Waals surface area contributed by atoms with Crippen LogP contribution in [0.4, 0.5) is 21.8 Å². The molecule has 0 unspecified atom stereocenters. The maximum Gasteiger partial charge on any atom is 0.258 e. The lowest BCUT2D eigenvalue weighted by atomic mass is 10.1. The summed E-state index contributed by atoms with van der Waals surface area (Å²) < 4.78 is 14.0. The first-order valence-electron chi connectivity index (χ1n) is 9.53. The minimum atomic E-state index is -0.605. The van der Waals surface area contributed by atoms with Gasteiger partial charge in [-0.2, -0.15) is 0 Å². The van der Waals surface area contributed by atoms with Crippen molar-refractivity contribution in [1.29, 1.82) is 0 Å². The van der Waals surface area contributed by atoms with E-state index < -0.39 is 11.7 Å². The summed E-state index contributed by atoms with van der Waals surface area (Å²) in [6.07, 6.45) is 1.73. The SMILES string of the molecule is Cc1ccnc(Nc2ccc(N3CCN(C(=O)c4c(F)cccc4Cl)CC3)nn2)c1. The van der Waals surface area contributed by atoms with Gasteiger partial charge in [0.1, 0.15) is 11.6 Å².